The van der Waals surface area contributed by atoms with E-state index >= 15 is 0 Å². The van der Waals surface area contributed by atoms with Crippen LogP contribution in [0.4, 0.5) is 4.39 Å². The number of hydrogen-bond donors (Lipinski definition) is 1. The van der Waals surface area contributed by atoms with Gasteiger partial charge in [-0.2, -0.15) is 0 Å². The number of amides is 1. The van der Waals surface area contributed by atoms with E-state index in [0.717, 1.165) is 5.56 Å². The van der Waals surface area contributed by atoms with Gasteiger partial charge in [0.2, 0.25) is 0 Å². The molecular weight excluding hydrogens is 349 g/mol. The van der Waals surface area contributed by atoms with Crippen molar-refractivity contribution in [2.24, 2.45) is 0 Å². The molecule has 0 spiro atoms. The van der Waals surface area contributed by atoms with E-state index < -0.39 is 5.97 Å². The molecule has 1 aromatic carbocycles. The van der Waals surface area contributed by atoms with Gasteiger partial charge in [0.15, 0.2) is 0 Å². The van der Waals surface area contributed by atoms with E-state index in [2.05, 4.69) is 0 Å². The number of benzene rings is 1. The van der Waals surface area contributed by atoms with Gasteiger partial charge in [-0.1, -0.05) is 42.2 Å². The zero-order chi connectivity index (χ0) is 17.7. The molecule has 24 heavy (non-hydrogen) atoms. The number of aliphatic carboxylic acids is 1. The minimum absolute atomic E-state index is 0.0144. The summed E-state index contributed by atoms with van der Waals surface area (Å²) in [4.78, 5) is 24.9. The summed E-state index contributed by atoms with van der Waals surface area (Å²) in [5, 5.41) is 8.68. The minimum Gasteiger partial charge on any atom is -0.481 e. The maximum Gasteiger partial charge on any atom is 0.303 e. The van der Waals surface area contributed by atoms with Crippen LogP contribution in [0.3, 0.4) is 0 Å². The van der Waals surface area contributed by atoms with Crippen molar-refractivity contribution >= 4 is 52.3 Å². The molecule has 7 heteroatoms. The number of nitrogens with zero attached hydrogens (tertiary/aromatic N) is 1. The Labute approximate surface area is 149 Å². The first-order valence-corrected chi connectivity index (χ1v) is 8.54. The van der Waals surface area contributed by atoms with Crippen LogP contribution in [0.5, 0.6) is 0 Å². The van der Waals surface area contributed by atoms with Gasteiger partial charge in [-0.3, -0.25) is 14.5 Å². The molecule has 0 aromatic heterocycles. The van der Waals surface area contributed by atoms with Crippen molar-refractivity contribution in [2.45, 2.75) is 19.8 Å². The third kappa shape index (κ3) is 4.52. The number of hydrogen-bond acceptors (Lipinski definition) is 4. The van der Waals surface area contributed by atoms with Crippen LogP contribution in [-0.4, -0.2) is 32.7 Å². The first kappa shape index (κ1) is 18.4. The minimum atomic E-state index is -0.904. The molecule has 1 aromatic rings. The molecule has 1 N–H and O–H groups in total. The van der Waals surface area contributed by atoms with Gasteiger partial charge in [0, 0.05) is 13.0 Å². The molecule has 0 saturated carbocycles. The molecule has 0 radical (unpaired) electrons. The molecule has 0 atom stereocenters. The lowest BCUT2D eigenvalue weighted by atomic mass is 10.1. The van der Waals surface area contributed by atoms with E-state index in [0.29, 0.717) is 21.2 Å². The highest BCUT2D eigenvalue weighted by atomic mass is 32.2. The maximum atomic E-state index is 13.4. The van der Waals surface area contributed by atoms with Crippen LogP contribution >= 0.6 is 24.0 Å². The summed E-state index contributed by atoms with van der Waals surface area (Å²) >= 11 is 6.37. The van der Waals surface area contributed by atoms with Crippen LogP contribution in [0.2, 0.25) is 0 Å². The van der Waals surface area contributed by atoms with E-state index in [1.165, 1.54) is 28.8 Å². The van der Waals surface area contributed by atoms with Crippen molar-refractivity contribution in [1.29, 1.82) is 0 Å². The van der Waals surface area contributed by atoms with Crippen molar-refractivity contribution in [3.63, 3.8) is 0 Å². The van der Waals surface area contributed by atoms with Gasteiger partial charge in [0.1, 0.15) is 10.1 Å². The van der Waals surface area contributed by atoms with Crippen molar-refractivity contribution in [2.75, 3.05) is 6.54 Å². The molecule has 0 unspecified atom stereocenters. The molecule has 1 saturated heterocycles. The number of thiocarbonyl (C=S) groups is 1. The second-order valence-corrected chi connectivity index (χ2v) is 6.78. The van der Waals surface area contributed by atoms with Crippen LogP contribution in [0, 0.1) is 5.82 Å². The molecule has 1 aliphatic heterocycles. The lowest BCUT2D eigenvalue weighted by Gasteiger charge is -2.13. The molecule has 0 aliphatic carbocycles. The third-order valence-electron chi connectivity index (χ3n) is 3.33. The largest absolute Gasteiger partial charge is 0.481 e. The van der Waals surface area contributed by atoms with E-state index in [1.54, 1.807) is 24.3 Å². The summed E-state index contributed by atoms with van der Waals surface area (Å²) in [5.41, 5.74) is 1.40. The fraction of sp³-hybridized carbons (Fsp3) is 0.235. The van der Waals surface area contributed by atoms with E-state index in [4.69, 9.17) is 17.3 Å². The summed E-state index contributed by atoms with van der Waals surface area (Å²) in [7, 11) is 0. The third-order valence-corrected chi connectivity index (χ3v) is 4.71. The predicted molar refractivity (Wildman–Crippen MR) is 97.9 cm³/mol. The number of allylic oxidation sites excluding steroid dienone is 1. The highest BCUT2D eigenvalue weighted by molar-refractivity contribution is 8.26. The van der Waals surface area contributed by atoms with Gasteiger partial charge in [-0.15, -0.1) is 0 Å². The standard InChI is InChI=1S/C17H16FNO3S2/c1-2-4-11-9-13(18)7-6-12(11)10-14-16(22)19(17(23)24-14)8-3-5-15(20)21/h2,4,6-7,9-10H,3,5,8H2,1H3,(H,20,21)/b4-2+,14-10-. The Bertz CT molecular complexity index is 743. The number of carbonyl (C=O) groups is 2. The molecule has 2 rings (SSSR count). The number of carbonyl (C=O) groups excluding carboxylic acids is 1. The monoisotopic (exact) mass is 365 g/mol. The first-order valence-electron chi connectivity index (χ1n) is 7.31. The Kier molecular flexibility index (Phi) is 6.28. The van der Waals surface area contributed by atoms with Crippen LogP contribution in [0.1, 0.15) is 30.9 Å². The Hall–Kier alpha value is -1.99. The van der Waals surface area contributed by atoms with E-state index in [9.17, 15) is 14.0 Å². The van der Waals surface area contributed by atoms with Gasteiger partial charge in [0.05, 0.1) is 4.91 Å². The molecule has 1 heterocycles. The molecule has 1 fully saturated rings. The van der Waals surface area contributed by atoms with Crippen LogP contribution < -0.4 is 0 Å². The average Bonchev–Trinajstić information content (AvgIpc) is 2.77. The zero-order valence-corrected chi connectivity index (χ0v) is 14.6. The quantitative estimate of drug-likeness (QED) is 0.612. The van der Waals surface area contributed by atoms with Crippen LogP contribution in [0.25, 0.3) is 12.2 Å². The molecule has 126 valence electrons. The van der Waals surface area contributed by atoms with E-state index in [-0.39, 0.29) is 24.7 Å². The summed E-state index contributed by atoms with van der Waals surface area (Å²) in [6.07, 6.45) is 5.58. The summed E-state index contributed by atoms with van der Waals surface area (Å²) in [6, 6.07) is 4.35. The van der Waals surface area contributed by atoms with Crippen LogP contribution in [0.15, 0.2) is 29.2 Å². The van der Waals surface area contributed by atoms with Crippen molar-refractivity contribution in [3.05, 3.63) is 46.1 Å². The second-order valence-electron chi connectivity index (χ2n) is 5.10. The van der Waals surface area contributed by atoms with Crippen molar-refractivity contribution in [3.8, 4) is 0 Å². The molecule has 1 aliphatic rings. The lowest BCUT2D eigenvalue weighted by molar-refractivity contribution is -0.137. The molecule has 4 nitrogen and oxygen atoms in total. The SMILES string of the molecule is C/C=C/c1cc(F)ccc1/C=C1\SC(=S)N(CCCC(=O)O)C1=O. The normalized spacial score (nSPS) is 16.6. The molecule has 0 bridgehead atoms. The highest BCUT2D eigenvalue weighted by Gasteiger charge is 2.31. The highest BCUT2D eigenvalue weighted by Crippen LogP contribution is 2.33. The summed E-state index contributed by atoms with van der Waals surface area (Å²) in [6.45, 7) is 2.11. The Balaban J connectivity index is 2.21. The molecular formula is C17H16FNO3S2. The number of carboxylic acid groups (broad SMARTS) is 1. The van der Waals surface area contributed by atoms with Gasteiger partial charge in [0.25, 0.3) is 5.91 Å². The number of carboxylic acids is 1. The summed E-state index contributed by atoms with van der Waals surface area (Å²) < 4.78 is 13.8. The predicted octanol–water partition coefficient (Wildman–Crippen LogP) is 3.92. The van der Waals surface area contributed by atoms with Crippen LogP contribution in [-0.2, 0) is 9.59 Å². The van der Waals surface area contributed by atoms with Gasteiger partial charge >= 0.3 is 5.97 Å². The average molecular weight is 365 g/mol. The van der Waals surface area contributed by atoms with E-state index in [1.807, 2.05) is 6.92 Å². The fourth-order valence-corrected chi connectivity index (χ4v) is 3.52. The fourth-order valence-electron chi connectivity index (χ4n) is 2.22. The van der Waals surface area contributed by atoms with Crippen molar-refractivity contribution < 1.29 is 19.1 Å². The Morgan fingerprint density at radius 3 is 2.83 bits per heavy atom. The summed E-state index contributed by atoms with van der Waals surface area (Å²) in [5.74, 6) is -1.49. The Morgan fingerprint density at radius 1 is 1.42 bits per heavy atom. The zero-order valence-electron chi connectivity index (χ0n) is 13.0. The Morgan fingerprint density at radius 2 is 2.17 bits per heavy atom. The number of thioether (sulfide) groups is 1. The van der Waals surface area contributed by atoms with Gasteiger partial charge in [-0.25, -0.2) is 4.39 Å². The van der Waals surface area contributed by atoms with Gasteiger partial charge < -0.3 is 5.11 Å². The number of halogens is 1. The second kappa shape index (κ2) is 8.21. The number of rotatable bonds is 6. The first-order chi connectivity index (χ1) is 11.4. The van der Waals surface area contributed by atoms with Gasteiger partial charge in [-0.05, 0) is 42.7 Å². The molecule has 1 amide bonds. The lowest BCUT2D eigenvalue weighted by Crippen LogP contribution is -2.29. The maximum absolute atomic E-state index is 13.4. The van der Waals surface area contributed by atoms with Crippen molar-refractivity contribution in [1.82, 2.24) is 4.90 Å². The smallest absolute Gasteiger partial charge is 0.303 e. The topological polar surface area (TPSA) is 57.6 Å².